The number of carbonyl (C=O) groups is 3. The molecular formula is C33H34FN3O6. The fourth-order valence-corrected chi connectivity index (χ4v) is 5.03. The van der Waals surface area contributed by atoms with Crippen molar-refractivity contribution in [1.82, 2.24) is 9.80 Å². The van der Waals surface area contributed by atoms with Crippen molar-refractivity contribution >= 4 is 23.6 Å². The number of amides is 1. The number of hydrogen-bond donors (Lipinski definition) is 2. The first-order valence-corrected chi connectivity index (χ1v) is 14.0. The standard InChI is InChI=1S/C29H30FN3O2.C4H4O4/c30-26-12-10-24(11-13-26)28(31-35-21-23-6-2-1-3-7-23)20-32-16-14-22(15-17-32)18-33-19-25-8-4-5-9-27(25)29(33)34;5-3(6)1-2-4(7)8/h1-13,22H,14-21H2;1-2H,(H,5,6)(H,7,8)/b31-28-;2-1+. The highest BCUT2D eigenvalue weighted by atomic mass is 19.1. The van der Waals surface area contributed by atoms with E-state index in [1.54, 1.807) is 12.1 Å². The predicted octanol–water partition coefficient (Wildman–Crippen LogP) is 4.83. The molecule has 2 aliphatic rings. The summed E-state index contributed by atoms with van der Waals surface area (Å²) in [5.74, 6) is -2.13. The van der Waals surface area contributed by atoms with Gasteiger partial charge in [-0.25, -0.2) is 14.0 Å². The first kappa shape index (κ1) is 31.1. The SMILES string of the molecule is O=C(O)/C=C/C(=O)O.O=C1c2ccccc2CN1CC1CCN(C/C(=N/OCc2ccccc2)c2ccc(F)cc2)CC1. The van der Waals surface area contributed by atoms with Gasteiger partial charge in [0.2, 0.25) is 0 Å². The maximum absolute atomic E-state index is 13.5. The van der Waals surface area contributed by atoms with Gasteiger partial charge in [0.15, 0.2) is 0 Å². The molecule has 1 fully saturated rings. The lowest BCUT2D eigenvalue weighted by Gasteiger charge is -2.34. The molecule has 0 spiro atoms. The van der Waals surface area contributed by atoms with Crippen LogP contribution in [0.25, 0.3) is 0 Å². The summed E-state index contributed by atoms with van der Waals surface area (Å²) in [6.45, 7) is 4.41. The zero-order valence-corrected chi connectivity index (χ0v) is 23.6. The van der Waals surface area contributed by atoms with E-state index < -0.39 is 11.9 Å². The fraction of sp³-hybridized carbons (Fsp3) is 0.273. The van der Waals surface area contributed by atoms with Gasteiger partial charge in [-0.2, -0.15) is 0 Å². The van der Waals surface area contributed by atoms with E-state index in [1.807, 2.05) is 59.5 Å². The lowest BCUT2D eigenvalue weighted by atomic mass is 9.95. The smallest absolute Gasteiger partial charge is 0.328 e. The summed E-state index contributed by atoms with van der Waals surface area (Å²) >= 11 is 0. The lowest BCUT2D eigenvalue weighted by Crippen LogP contribution is -2.41. The second-order valence-corrected chi connectivity index (χ2v) is 10.4. The van der Waals surface area contributed by atoms with Gasteiger partial charge in [0.1, 0.15) is 18.1 Å². The van der Waals surface area contributed by atoms with Gasteiger partial charge < -0.3 is 20.0 Å². The third kappa shape index (κ3) is 9.61. The number of likely N-dealkylation sites (tertiary alicyclic amines) is 1. The van der Waals surface area contributed by atoms with Crippen molar-refractivity contribution in [1.29, 1.82) is 0 Å². The Morgan fingerprint density at radius 2 is 1.53 bits per heavy atom. The van der Waals surface area contributed by atoms with E-state index >= 15 is 0 Å². The van der Waals surface area contributed by atoms with Crippen molar-refractivity contribution in [3.63, 3.8) is 0 Å². The van der Waals surface area contributed by atoms with Crippen molar-refractivity contribution < 1.29 is 33.8 Å². The van der Waals surface area contributed by atoms with E-state index in [1.165, 1.54) is 12.1 Å². The molecule has 10 heteroatoms. The van der Waals surface area contributed by atoms with E-state index in [4.69, 9.17) is 15.1 Å². The topological polar surface area (TPSA) is 120 Å². The molecule has 0 radical (unpaired) electrons. The van der Waals surface area contributed by atoms with Crippen LogP contribution in [0, 0.1) is 11.7 Å². The van der Waals surface area contributed by atoms with Crippen LogP contribution in [0.5, 0.6) is 0 Å². The lowest BCUT2D eigenvalue weighted by molar-refractivity contribution is -0.134. The molecule has 1 amide bonds. The Hall–Kier alpha value is -4.83. The second-order valence-electron chi connectivity index (χ2n) is 10.4. The van der Waals surface area contributed by atoms with Crippen LogP contribution in [0.2, 0.25) is 0 Å². The molecule has 0 aromatic heterocycles. The average molecular weight is 588 g/mol. The number of piperidine rings is 1. The van der Waals surface area contributed by atoms with E-state index in [2.05, 4.69) is 10.1 Å². The normalized spacial score (nSPS) is 15.6. The van der Waals surface area contributed by atoms with Crippen LogP contribution in [-0.2, 0) is 27.6 Å². The molecule has 224 valence electrons. The molecule has 0 bridgehead atoms. The quantitative estimate of drug-likeness (QED) is 0.198. The third-order valence-corrected chi connectivity index (χ3v) is 7.25. The minimum atomic E-state index is -1.26. The Labute approximate surface area is 249 Å². The van der Waals surface area contributed by atoms with Crippen LogP contribution in [0.1, 0.15) is 39.9 Å². The molecule has 2 N–H and O–H groups in total. The van der Waals surface area contributed by atoms with Crippen LogP contribution in [0.4, 0.5) is 4.39 Å². The Balaban J connectivity index is 0.000000467. The first-order valence-electron chi connectivity index (χ1n) is 14.0. The van der Waals surface area contributed by atoms with Gasteiger partial charge in [0, 0.05) is 42.9 Å². The highest BCUT2D eigenvalue weighted by Crippen LogP contribution is 2.26. The van der Waals surface area contributed by atoms with Crippen molar-refractivity contribution in [2.75, 3.05) is 26.2 Å². The summed E-state index contributed by atoms with van der Waals surface area (Å²) in [7, 11) is 0. The molecule has 2 aliphatic heterocycles. The molecular weight excluding hydrogens is 553 g/mol. The zero-order chi connectivity index (χ0) is 30.6. The van der Waals surface area contributed by atoms with Crippen LogP contribution < -0.4 is 0 Å². The number of oxime groups is 1. The molecule has 0 atom stereocenters. The van der Waals surface area contributed by atoms with Crippen LogP contribution >= 0.6 is 0 Å². The maximum Gasteiger partial charge on any atom is 0.328 e. The zero-order valence-electron chi connectivity index (χ0n) is 23.6. The van der Waals surface area contributed by atoms with E-state index in [0.717, 1.165) is 67.0 Å². The highest BCUT2D eigenvalue weighted by molar-refractivity contribution is 6.01. The summed E-state index contributed by atoms with van der Waals surface area (Å²) in [5, 5.41) is 20.1. The van der Waals surface area contributed by atoms with Crippen LogP contribution in [0.3, 0.4) is 0 Å². The molecule has 0 aliphatic carbocycles. The summed E-state index contributed by atoms with van der Waals surface area (Å²) in [6.07, 6.45) is 3.17. The second kappa shape index (κ2) is 15.4. The largest absolute Gasteiger partial charge is 0.478 e. The van der Waals surface area contributed by atoms with Gasteiger partial charge in [0.25, 0.3) is 5.91 Å². The molecule has 1 saturated heterocycles. The van der Waals surface area contributed by atoms with Gasteiger partial charge in [-0.05, 0) is 61.2 Å². The van der Waals surface area contributed by atoms with Crippen molar-refractivity contribution in [3.8, 4) is 0 Å². The number of carbonyl (C=O) groups excluding carboxylic acids is 1. The number of benzene rings is 3. The van der Waals surface area contributed by atoms with Crippen molar-refractivity contribution in [3.05, 3.63) is 119 Å². The third-order valence-electron chi connectivity index (χ3n) is 7.25. The monoisotopic (exact) mass is 587 g/mol. The molecule has 3 aromatic carbocycles. The number of fused-ring (bicyclic) bond motifs is 1. The van der Waals surface area contributed by atoms with E-state index in [0.29, 0.717) is 31.2 Å². The van der Waals surface area contributed by atoms with Crippen LogP contribution in [-0.4, -0.2) is 69.7 Å². The van der Waals surface area contributed by atoms with Gasteiger partial charge in [-0.1, -0.05) is 65.8 Å². The minimum Gasteiger partial charge on any atom is -0.478 e. The molecule has 2 heterocycles. The number of aliphatic carboxylic acids is 2. The molecule has 5 rings (SSSR count). The summed E-state index contributed by atoms with van der Waals surface area (Å²) in [6, 6.07) is 24.2. The Morgan fingerprint density at radius 1 is 0.907 bits per heavy atom. The van der Waals surface area contributed by atoms with E-state index in [9.17, 15) is 18.8 Å². The number of nitrogens with zero attached hydrogens (tertiary/aromatic N) is 3. The van der Waals surface area contributed by atoms with Gasteiger partial charge in [0.05, 0.1) is 0 Å². The summed E-state index contributed by atoms with van der Waals surface area (Å²) in [4.78, 5) is 41.9. The molecule has 3 aromatic rings. The highest BCUT2D eigenvalue weighted by Gasteiger charge is 2.30. The Bertz CT molecular complexity index is 1430. The number of carboxylic acid groups (broad SMARTS) is 2. The minimum absolute atomic E-state index is 0.157. The van der Waals surface area contributed by atoms with Gasteiger partial charge >= 0.3 is 11.9 Å². The Morgan fingerprint density at radius 3 is 2.16 bits per heavy atom. The maximum atomic E-state index is 13.5. The average Bonchev–Trinajstić information content (AvgIpc) is 3.32. The molecule has 0 saturated carbocycles. The number of halogens is 1. The fourth-order valence-electron chi connectivity index (χ4n) is 5.03. The first-order chi connectivity index (χ1) is 20.8. The number of rotatable bonds is 10. The number of hydrogen-bond acceptors (Lipinski definition) is 6. The predicted molar refractivity (Wildman–Crippen MR) is 159 cm³/mol. The van der Waals surface area contributed by atoms with Gasteiger partial charge in [-0.3, -0.25) is 9.69 Å². The molecule has 9 nitrogen and oxygen atoms in total. The molecule has 0 unspecified atom stereocenters. The Kier molecular flexibility index (Phi) is 11.2. The van der Waals surface area contributed by atoms with Crippen molar-refractivity contribution in [2.45, 2.75) is 26.0 Å². The van der Waals surface area contributed by atoms with Gasteiger partial charge in [-0.15, -0.1) is 0 Å². The summed E-state index contributed by atoms with van der Waals surface area (Å²) < 4.78 is 13.5. The van der Waals surface area contributed by atoms with Crippen molar-refractivity contribution in [2.24, 2.45) is 11.1 Å². The van der Waals surface area contributed by atoms with Crippen LogP contribution in [0.15, 0.2) is 96.2 Å². The summed E-state index contributed by atoms with van der Waals surface area (Å²) in [5.41, 5.74) is 4.69. The number of carboxylic acids is 2. The molecule has 43 heavy (non-hydrogen) atoms. The van der Waals surface area contributed by atoms with E-state index in [-0.39, 0.29) is 11.7 Å².